The van der Waals surface area contributed by atoms with Crippen molar-refractivity contribution >= 4 is 27.5 Å². The van der Waals surface area contributed by atoms with E-state index in [1.165, 1.54) is 28.6 Å². The number of hydrogen-bond donors (Lipinski definition) is 1. The molecule has 0 aromatic heterocycles. The second-order valence-corrected chi connectivity index (χ2v) is 8.74. The van der Waals surface area contributed by atoms with Crippen LogP contribution < -0.4 is 5.32 Å². The molecule has 0 radical (unpaired) electrons. The van der Waals surface area contributed by atoms with Crippen LogP contribution in [0.15, 0.2) is 59.5 Å². The van der Waals surface area contributed by atoms with E-state index in [4.69, 9.17) is 11.6 Å². The van der Waals surface area contributed by atoms with Crippen molar-refractivity contribution in [1.29, 1.82) is 0 Å². The summed E-state index contributed by atoms with van der Waals surface area (Å²) in [5.74, 6) is -0.266. The number of carbonyl (C=O) groups is 1. The van der Waals surface area contributed by atoms with Crippen LogP contribution >= 0.6 is 11.6 Å². The second kappa shape index (κ2) is 8.20. The molecular weight excluding hydrogens is 372 g/mol. The van der Waals surface area contributed by atoms with Gasteiger partial charge < -0.3 is 5.32 Å². The Labute approximate surface area is 159 Å². The van der Waals surface area contributed by atoms with Crippen molar-refractivity contribution in [3.05, 3.63) is 65.2 Å². The van der Waals surface area contributed by atoms with E-state index < -0.39 is 10.0 Å². The fourth-order valence-corrected chi connectivity index (χ4v) is 4.12. The zero-order valence-corrected chi connectivity index (χ0v) is 15.8. The molecule has 0 unspecified atom stereocenters. The number of halogens is 1. The molecule has 1 N–H and O–H groups in total. The molecule has 26 heavy (non-hydrogen) atoms. The molecule has 138 valence electrons. The molecular formula is C19H21ClN2O3S. The Balaban J connectivity index is 1.78. The molecule has 1 aliphatic rings. The Kier molecular flexibility index (Phi) is 5.96. The Morgan fingerprint density at radius 3 is 2.35 bits per heavy atom. The molecule has 1 saturated carbocycles. The van der Waals surface area contributed by atoms with Gasteiger partial charge in [0.2, 0.25) is 15.9 Å². The molecule has 0 heterocycles. The highest BCUT2D eigenvalue weighted by molar-refractivity contribution is 7.89. The number of sulfonamides is 1. The predicted octanol–water partition coefficient (Wildman–Crippen LogP) is 2.85. The number of amides is 1. The lowest BCUT2D eigenvalue weighted by atomic mass is 10.1. The topological polar surface area (TPSA) is 66.5 Å². The van der Waals surface area contributed by atoms with Crippen molar-refractivity contribution in [2.45, 2.75) is 30.2 Å². The molecule has 0 bridgehead atoms. The molecule has 5 nitrogen and oxygen atoms in total. The highest BCUT2D eigenvalue weighted by Gasteiger charge is 2.29. The lowest BCUT2D eigenvalue weighted by molar-refractivity contribution is -0.121. The SMILES string of the molecule is O=C(CN(CCc1ccccc1)S(=O)(=O)c1ccc(Cl)cc1)NC1CC1. The normalized spacial score (nSPS) is 14.4. The van der Waals surface area contributed by atoms with E-state index >= 15 is 0 Å². The minimum absolute atomic E-state index is 0.134. The molecule has 3 rings (SSSR count). The highest BCUT2D eigenvalue weighted by Crippen LogP contribution is 2.21. The third-order valence-electron chi connectivity index (χ3n) is 4.21. The summed E-state index contributed by atoms with van der Waals surface area (Å²) in [5.41, 5.74) is 1.02. The van der Waals surface area contributed by atoms with Crippen LogP contribution in [-0.2, 0) is 21.2 Å². The molecule has 1 amide bonds. The standard InChI is InChI=1S/C19H21ClN2O3S/c20-16-6-10-18(11-7-16)26(24,25)22(14-19(23)21-17-8-9-17)13-12-15-4-2-1-3-5-15/h1-7,10-11,17H,8-9,12-14H2,(H,21,23). The van der Waals surface area contributed by atoms with Gasteiger partial charge in [-0.1, -0.05) is 41.9 Å². The number of carbonyl (C=O) groups excluding carboxylic acids is 1. The summed E-state index contributed by atoms with van der Waals surface area (Å²) in [4.78, 5) is 12.3. The van der Waals surface area contributed by atoms with Gasteiger partial charge >= 0.3 is 0 Å². The third-order valence-corrected chi connectivity index (χ3v) is 6.32. The van der Waals surface area contributed by atoms with Gasteiger partial charge in [0.1, 0.15) is 0 Å². The maximum Gasteiger partial charge on any atom is 0.243 e. The Morgan fingerprint density at radius 1 is 1.08 bits per heavy atom. The number of benzene rings is 2. The van der Waals surface area contributed by atoms with Crippen LogP contribution in [0.2, 0.25) is 5.02 Å². The minimum Gasteiger partial charge on any atom is -0.352 e. The van der Waals surface area contributed by atoms with E-state index in [1.807, 2.05) is 30.3 Å². The summed E-state index contributed by atoms with van der Waals surface area (Å²) >= 11 is 5.86. The number of rotatable bonds is 8. The maximum atomic E-state index is 13.0. The zero-order chi connectivity index (χ0) is 18.6. The molecule has 2 aromatic carbocycles. The molecule has 1 aliphatic carbocycles. The van der Waals surface area contributed by atoms with Crippen LogP contribution in [0, 0.1) is 0 Å². The first-order chi connectivity index (χ1) is 12.4. The average Bonchev–Trinajstić information content (AvgIpc) is 3.43. The summed E-state index contributed by atoms with van der Waals surface area (Å²) in [5, 5.41) is 3.31. The monoisotopic (exact) mass is 392 g/mol. The summed E-state index contributed by atoms with van der Waals surface area (Å²) in [7, 11) is -3.78. The summed E-state index contributed by atoms with van der Waals surface area (Å²) < 4.78 is 27.2. The lowest BCUT2D eigenvalue weighted by Gasteiger charge is -2.22. The van der Waals surface area contributed by atoms with E-state index in [1.54, 1.807) is 0 Å². The molecule has 0 saturated heterocycles. The van der Waals surface area contributed by atoms with Crippen LogP contribution in [0.3, 0.4) is 0 Å². The van der Waals surface area contributed by atoms with Gasteiger partial charge in [-0.15, -0.1) is 0 Å². The Morgan fingerprint density at radius 2 is 1.73 bits per heavy atom. The number of nitrogens with zero attached hydrogens (tertiary/aromatic N) is 1. The van der Waals surface area contributed by atoms with Gasteiger partial charge in [0, 0.05) is 17.6 Å². The molecule has 2 aromatic rings. The number of nitrogens with one attached hydrogen (secondary N) is 1. The first-order valence-electron chi connectivity index (χ1n) is 8.54. The van der Waals surface area contributed by atoms with Crippen molar-refractivity contribution in [2.24, 2.45) is 0 Å². The van der Waals surface area contributed by atoms with E-state index in [0.29, 0.717) is 11.4 Å². The average molecular weight is 393 g/mol. The Hall–Kier alpha value is -1.89. The largest absolute Gasteiger partial charge is 0.352 e. The van der Waals surface area contributed by atoms with Crippen LogP contribution in [0.5, 0.6) is 0 Å². The fraction of sp³-hybridized carbons (Fsp3) is 0.316. The fourth-order valence-electron chi connectivity index (χ4n) is 2.60. The van der Waals surface area contributed by atoms with E-state index in [2.05, 4.69) is 5.32 Å². The van der Waals surface area contributed by atoms with E-state index in [9.17, 15) is 13.2 Å². The van der Waals surface area contributed by atoms with Gasteiger partial charge in [-0.05, 0) is 49.1 Å². The van der Waals surface area contributed by atoms with E-state index in [-0.39, 0.29) is 29.9 Å². The van der Waals surface area contributed by atoms with Gasteiger partial charge in [0.05, 0.1) is 11.4 Å². The van der Waals surface area contributed by atoms with Crippen molar-refractivity contribution in [2.75, 3.05) is 13.1 Å². The summed E-state index contributed by atoms with van der Waals surface area (Å²) in [6.07, 6.45) is 2.45. The van der Waals surface area contributed by atoms with Crippen molar-refractivity contribution in [3.63, 3.8) is 0 Å². The van der Waals surface area contributed by atoms with Crippen molar-refractivity contribution < 1.29 is 13.2 Å². The highest BCUT2D eigenvalue weighted by atomic mass is 35.5. The summed E-state index contributed by atoms with van der Waals surface area (Å²) in [6.45, 7) is 0.0430. The maximum absolute atomic E-state index is 13.0. The van der Waals surface area contributed by atoms with Crippen molar-refractivity contribution in [3.8, 4) is 0 Å². The van der Waals surface area contributed by atoms with Crippen molar-refractivity contribution in [1.82, 2.24) is 9.62 Å². The van der Waals surface area contributed by atoms with Crippen LogP contribution in [0.4, 0.5) is 0 Å². The minimum atomic E-state index is -3.78. The molecule has 1 fully saturated rings. The smallest absolute Gasteiger partial charge is 0.243 e. The molecule has 0 spiro atoms. The zero-order valence-electron chi connectivity index (χ0n) is 14.3. The second-order valence-electron chi connectivity index (χ2n) is 6.37. The van der Waals surface area contributed by atoms with Crippen LogP contribution in [0.25, 0.3) is 0 Å². The van der Waals surface area contributed by atoms with Gasteiger partial charge in [-0.2, -0.15) is 4.31 Å². The van der Waals surface area contributed by atoms with E-state index in [0.717, 1.165) is 18.4 Å². The predicted molar refractivity (Wildman–Crippen MR) is 102 cm³/mol. The molecule has 7 heteroatoms. The van der Waals surface area contributed by atoms with Crippen LogP contribution in [0.1, 0.15) is 18.4 Å². The first-order valence-corrected chi connectivity index (χ1v) is 10.4. The van der Waals surface area contributed by atoms with Gasteiger partial charge in [0.25, 0.3) is 0 Å². The molecule has 0 atom stereocenters. The summed E-state index contributed by atoms with van der Waals surface area (Å²) in [6, 6.07) is 15.8. The van der Waals surface area contributed by atoms with Crippen LogP contribution in [-0.4, -0.2) is 37.8 Å². The van der Waals surface area contributed by atoms with Gasteiger partial charge in [0.15, 0.2) is 0 Å². The quantitative estimate of drug-likeness (QED) is 0.751. The van der Waals surface area contributed by atoms with Gasteiger partial charge in [-0.25, -0.2) is 8.42 Å². The number of hydrogen-bond acceptors (Lipinski definition) is 3. The first kappa shape index (κ1) is 18.9. The molecule has 0 aliphatic heterocycles. The Bertz CT molecular complexity index is 850. The lowest BCUT2D eigenvalue weighted by Crippen LogP contribution is -2.42. The van der Waals surface area contributed by atoms with Gasteiger partial charge in [-0.3, -0.25) is 4.79 Å². The third kappa shape index (κ3) is 5.06.